The Morgan fingerprint density at radius 2 is 1.82 bits per heavy atom. The largest absolute Gasteiger partial charge is 0.493 e. The van der Waals surface area contributed by atoms with Crippen molar-refractivity contribution in [2.45, 2.75) is 32.4 Å². The average molecular weight is 465 g/mol. The SMILES string of the molecule is COc1cc2c(cc1OCc1ccccc1)CCN1C(=Nc3ccc(C)cc3)OCCC21.Cl. The fourth-order valence-corrected chi connectivity index (χ4v) is 4.43. The molecule has 2 heterocycles. The number of aliphatic imine (C=N–C) groups is 1. The molecule has 0 aliphatic carbocycles. The fourth-order valence-electron chi connectivity index (χ4n) is 4.43. The van der Waals surface area contributed by atoms with Gasteiger partial charge in [-0.25, -0.2) is 0 Å². The summed E-state index contributed by atoms with van der Waals surface area (Å²) in [5.74, 6) is 1.56. The van der Waals surface area contributed by atoms with E-state index in [1.165, 1.54) is 16.7 Å². The zero-order chi connectivity index (χ0) is 21.9. The van der Waals surface area contributed by atoms with Crippen LogP contribution in [0.2, 0.25) is 0 Å². The third-order valence-corrected chi connectivity index (χ3v) is 6.15. The number of fused-ring (bicyclic) bond motifs is 3. The highest BCUT2D eigenvalue weighted by Crippen LogP contribution is 2.41. The summed E-state index contributed by atoms with van der Waals surface area (Å²) in [6.45, 7) is 4.12. The van der Waals surface area contributed by atoms with Crippen LogP contribution in [0.5, 0.6) is 11.5 Å². The predicted octanol–water partition coefficient (Wildman–Crippen LogP) is 6.01. The molecule has 1 unspecified atom stereocenters. The molecule has 5 rings (SSSR count). The van der Waals surface area contributed by atoms with E-state index in [9.17, 15) is 0 Å². The molecule has 0 bridgehead atoms. The predicted molar refractivity (Wildman–Crippen MR) is 133 cm³/mol. The van der Waals surface area contributed by atoms with Crippen molar-refractivity contribution in [2.75, 3.05) is 20.3 Å². The zero-order valence-corrected chi connectivity index (χ0v) is 19.8. The quantitative estimate of drug-likeness (QED) is 0.463. The fraction of sp³-hybridized carbons (Fsp3) is 0.296. The molecule has 0 saturated carbocycles. The van der Waals surface area contributed by atoms with E-state index in [2.05, 4.69) is 48.2 Å². The van der Waals surface area contributed by atoms with Gasteiger partial charge in [0.25, 0.3) is 6.02 Å². The molecule has 2 aliphatic heterocycles. The average Bonchev–Trinajstić information content (AvgIpc) is 2.84. The number of methoxy groups -OCH3 is 1. The Hall–Kier alpha value is -3.18. The monoisotopic (exact) mass is 464 g/mol. The standard InChI is InChI=1S/C27H28N2O3.ClH/c1-19-8-10-22(11-9-19)28-27-29-14-12-21-16-26(32-18-20-6-4-3-5-7-20)25(30-2)17-23(21)24(29)13-15-31-27;/h3-11,16-17,24H,12-15,18H2,1-2H3;1H. The molecule has 33 heavy (non-hydrogen) atoms. The van der Waals surface area contributed by atoms with E-state index >= 15 is 0 Å². The van der Waals surface area contributed by atoms with E-state index in [0.717, 1.165) is 42.1 Å². The second kappa shape index (κ2) is 10.2. The molecule has 1 fully saturated rings. The minimum atomic E-state index is 0. The molecule has 2 aliphatic rings. The lowest BCUT2D eigenvalue weighted by Gasteiger charge is -2.42. The molecule has 0 aromatic heterocycles. The van der Waals surface area contributed by atoms with Gasteiger partial charge in [0.2, 0.25) is 0 Å². The van der Waals surface area contributed by atoms with E-state index in [4.69, 9.17) is 19.2 Å². The molecule has 0 spiro atoms. The number of benzene rings is 3. The number of rotatable bonds is 5. The van der Waals surface area contributed by atoms with Crippen LogP contribution in [-0.4, -0.2) is 31.2 Å². The number of hydrogen-bond donors (Lipinski definition) is 0. The summed E-state index contributed by atoms with van der Waals surface area (Å²) in [7, 11) is 1.70. The van der Waals surface area contributed by atoms with Gasteiger partial charge in [0, 0.05) is 13.0 Å². The van der Waals surface area contributed by atoms with Crippen molar-refractivity contribution in [1.29, 1.82) is 0 Å². The van der Waals surface area contributed by atoms with Crippen LogP contribution in [0, 0.1) is 6.92 Å². The molecule has 0 radical (unpaired) electrons. The van der Waals surface area contributed by atoms with Crippen LogP contribution in [-0.2, 0) is 17.8 Å². The minimum absolute atomic E-state index is 0. The molecule has 0 N–H and O–H groups in total. The van der Waals surface area contributed by atoms with Crippen molar-refractivity contribution in [1.82, 2.24) is 4.90 Å². The molecule has 1 saturated heterocycles. The Morgan fingerprint density at radius 1 is 1.03 bits per heavy atom. The lowest BCUT2D eigenvalue weighted by Crippen LogP contribution is -2.45. The molecule has 5 nitrogen and oxygen atoms in total. The molecule has 3 aromatic carbocycles. The number of nitrogens with zero attached hydrogens (tertiary/aromatic N) is 2. The van der Waals surface area contributed by atoms with Gasteiger partial charge in [-0.2, -0.15) is 4.99 Å². The van der Waals surface area contributed by atoms with Crippen molar-refractivity contribution in [3.8, 4) is 11.5 Å². The second-order valence-electron chi connectivity index (χ2n) is 8.30. The number of aryl methyl sites for hydroxylation is 1. The van der Waals surface area contributed by atoms with Crippen LogP contribution in [0.25, 0.3) is 0 Å². The molecule has 172 valence electrons. The van der Waals surface area contributed by atoms with E-state index in [1.807, 2.05) is 30.3 Å². The zero-order valence-electron chi connectivity index (χ0n) is 19.0. The first-order valence-electron chi connectivity index (χ1n) is 11.1. The van der Waals surface area contributed by atoms with Crippen LogP contribution in [0.3, 0.4) is 0 Å². The normalized spacial score (nSPS) is 17.9. The Kier molecular flexibility index (Phi) is 7.09. The Morgan fingerprint density at radius 3 is 2.58 bits per heavy atom. The highest BCUT2D eigenvalue weighted by atomic mass is 35.5. The minimum Gasteiger partial charge on any atom is -0.493 e. The third-order valence-electron chi connectivity index (χ3n) is 6.15. The van der Waals surface area contributed by atoms with Crippen LogP contribution < -0.4 is 9.47 Å². The maximum absolute atomic E-state index is 6.14. The first kappa shape index (κ1) is 23.0. The van der Waals surface area contributed by atoms with Crippen molar-refractivity contribution < 1.29 is 14.2 Å². The van der Waals surface area contributed by atoms with Gasteiger partial charge in [-0.15, -0.1) is 12.4 Å². The van der Waals surface area contributed by atoms with E-state index in [-0.39, 0.29) is 18.4 Å². The van der Waals surface area contributed by atoms with Gasteiger partial charge in [0.15, 0.2) is 11.5 Å². The number of hydrogen-bond acceptors (Lipinski definition) is 4. The maximum atomic E-state index is 6.14. The number of amidine groups is 1. The Labute approximate surface area is 201 Å². The van der Waals surface area contributed by atoms with Crippen LogP contribution in [0.4, 0.5) is 5.69 Å². The summed E-state index contributed by atoms with van der Waals surface area (Å²) in [6, 6.07) is 23.7. The molecule has 3 aromatic rings. The maximum Gasteiger partial charge on any atom is 0.293 e. The van der Waals surface area contributed by atoms with Crippen molar-refractivity contribution >= 4 is 24.1 Å². The van der Waals surface area contributed by atoms with Gasteiger partial charge in [0.1, 0.15) is 6.61 Å². The van der Waals surface area contributed by atoms with Crippen molar-refractivity contribution in [3.63, 3.8) is 0 Å². The van der Waals surface area contributed by atoms with Gasteiger partial charge in [-0.05, 0) is 54.3 Å². The van der Waals surface area contributed by atoms with Crippen LogP contribution in [0.1, 0.15) is 34.7 Å². The smallest absolute Gasteiger partial charge is 0.293 e. The van der Waals surface area contributed by atoms with Gasteiger partial charge >= 0.3 is 0 Å². The van der Waals surface area contributed by atoms with Gasteiger partial charge in [-0.3, -0.25) is 0 Å². The lowest BCUT2D eigenvalue weighted by atomic mass is 9.90. The van der Waals surface area contributed by atoms with Gasteiger partial charge in [0.05, 0.1) is 25.4 Å². The van der Waals surface area contributed by atoms with Gasteiger partial charge < -0.3 is 19.1 Å². The summed E-state index contributed by atoms with van der Waals surface area (Å²) in [6.07, 6.45) is 1.83. The van der Waals surface area contributed by atoms with Crippen LogP contribution in [0.15, 0.2) is 71.7 Å². The summed E-state index contributed by atoms with van der Waals surface area (Å²) < 4.78 is 17.8. The molecule has 1 atom stereocenters. The first-order chi connectivity index (χ1) is 15.7. The molecule has 0 amide bonds. The summed E-state index contributed by atoms with van der Waals surface area (Å²) >= 11 is 0. The Balaban J connectivity index is 0.00000259. The molecule has 6 heteroatoms. The highest BCUT2D eigenvalue weighted by molar-refractivity contribution is 5.85. The highest BCUT2D eigenvalue weighted by Gasteiger charge is 2.35. The summed E-state index contributed by atoms with van der Waals surface area (Å²) in [5.41, 5.74) is 5.87. The lowest BCUT2D eigenvalue weighted by molar-refractivity contribution is 0.118. The summed E-state index contributed by atoms with van der Waals surface area (Å²) in [5, 5.41) is 0. The van der Waals surface area contributed by atoms with Gasteiger partial charge in [-0.1, -0.05) is 48.0 Å². The summed E-state index contributed by atoms with van der Waals surface area (Å²) in [4.78, 5) is 7.09. The topological polar surface area (TPSA) is 43.3 Å². The third kappa shape index (κ3) is 4.93. The van der Waals surface area contributed by atoms with Crippen LogP contribution >= 0.6 is 12.4 Å². The second-order valence-corrected chi connectivity index (χ2v) is 8.30. The van der Waals surface area contributed by atoms with Crippen molar-refractivity contribution in [2.24, 2.45) is 4.99 Å². The molecular weight excluding hydrogens is 436 g/mol. The molecular formula is C27H29ClN2O3. The van der Waals surface area contributed by atoms with Crippen molar-refractivity contribution in [3.05, 3.63) is 89.0 Å². The number of halogens is 1. The van der Waals surface area contributed by atoms with E-state index in [1.54, 1.807) is 7.11 Å². The van der Waals surface area contributed by atoms with E-state index in [0.29, 0.717) is 19.2 Å². The Bertz CT molecular complexity index is 1120. The van der Waals surface area contributed by atoms with E-state index < -0.39 is 0 Å². The number of ether oxygens (including phenoxy) is 3. The first-order valence-corrected chi connectivity index (χ1v) is 11.1.